The maximum absolute atomic E-state index is 12.0. The molecule has 1 aliphatic rings. The van der Waals surface area contributed by atoms with E-state index >= 15 is 0 Å². The number of aromatic nitrogens is 3. The van der Waals surface area contributed by atoms with E-state index in [0.29, 0.717) is 24.7 Å². The van der Waals surface area contributed by atoms with Gasteiger partial charge in [-0.05, 0) is 12.0 Å². The molecule has 6 nitrogen and oxygen atoms in total. The first-order valence-corrected chi connectivity index (χ1v) is 7.11. The minimum Gasteiger partial charge on any atom is -0.381 e. The number of carbonyl (C=O) groups is 1. The summed E-state index contributed by atoms with van der Waals surface area (Å²) in [5.74, 6) is 0.231. The number of benzene rings is 1. The first kappa shape index (κ1) is 13.8. The van der Waals surface area contributed by atoms with Crippen LogP contribution < -0.4 is 5.32 Å². The fourth-order valence-electron chi connectivity index (χ4n) is 2.32. The second-order valence-electron chi connectivity index (χ2n) is 5.23. The van der Waals surface area contributed by atoms with Gasteiger partial charge in [-0.3, -0.25) is 4.79 Å². The molecule has 1 unspecified atom stereocenters. The Hall–Kier alpha value is -2.21. The molecule has 1 aliphatic heterocycles. The standard InChI is InChI=1S/C15H18N4O2/c20-15(16-8-13-6-7-21-11-13)14-10-19(18-17-14)9-12-4-2-1-3-5-12/h1-5,10,13H,6-9,11H2,(H,16,20). The van der Waals surface area contributed by atoms with E-state index in [1.54, 1.807) is 10.9 Å². The number of nitrogens with one attached hydrogen (secondary N) is 1. The number of rotatable bonds is 5. The lowest BCUT2D eigenvalue weighted by molar-refractivity contribution is 0.0940. The van der Waals surface area contributed by atoms with Gasteiger partial charge < -0.3 is 10.1 Å². The topological polar surface area (TPSA) is 69.0 Å². The largest absolute Gasteiger partial charge is 0.381 e. The Balaban J connectivity index is 1.55. The molecule has 0 bridgehead atoms. The lowest BCUT2D eigenvalue weighted by atomic mass is 10.1. The van der Waals surface area contributed by atoms with Gasteiger partial charge in [0.05, 0.1) is 19.3 Å². The van der Waals surface area contributed by atoms with Gasteiger partial charge >= 0.3 is 0 Å². The van der Waals surface area contributed by atoms with Crippen molar-refractivity contribution in [1.29, 1.82) is 0 Å². The summed E-state index contributed by atoms with van der Waals surface area (Å²) in [5.41, 5.74) is 1.47. The average Bonchev–Trinajstić information content (AvgIpc) is 3.17. The van der Waals surface area contributed by atoms with Crippen molar-refractivity contribution in [3.05, 3.63) is 47.8 Å². The van der Waals surface area contributed by atoms with Crippen LogP contribution in [0.3, 0.4) is 0 Å². The van der Waals surface area contributed by atoms with E-state index in [9.17, 15) is 4.79 Å². The van der Waals surface area contributed by atoms with E-state index in [4.69, 9.17) is 4.74 Å². The Labute approximate surface area is 123 Å². The zero-order valence-electron chi connectivity index (χ0n) is 11.7. The fourth-order valence-corrected chi connectivity index (χ4v) is 2.32. The molecule has 0 spiro atoms. The summed E-state index contributed by atoms with van der Waals surface area (Å²) in [6.45, 7) is 2.75. The average molecular weight is 286 g/mol. The highest BCUT2D eigenvalue weighted by Gasteiger charge is 2.18. The van der Waals surface area contributed by atoms with Gasteiger partial charge in [-0.15, -0.1) is 5.10 Å². The molecule has 1 fully saturated rings. The molecule has 3 rings (SSSR count). The quantitative estimate of drug-likeness (QED) is 0.893. The van der Waals surface area contributed by atoms with Gasteiger partial charge in [-0.2, -0.15) is 0 Å². The Morgan fingerprint density at radius 3 is 3.00 bits per heavy atom. The highest BCUT2D eigenvalue weighted by atomic mass is 16.5. The summed E-state index contributed by atoms with van der Waals surface area (Å²) in [6, 6.07) is 9.95. The molecule has 1 amide bonds. The third kappa shape index (κ3) is 3.66. The number of carbonyl (C=O) groups excluding carboxylic acids is 1. The molecular formula is C15H18N4O2. The normalized spacial score (nSPS) is 17.8. The van der Waals surface area contributed by atoms with Crippen LogP contribution in [0.15, 0.2) is 36.5 Å². The van der Waals surface area contributed by atoms with Crippen LogP contribution in [0.1, 0.15) is 22.5 Å². The number of hydrogen-bond acceptors (Lipinski definition) is 4. The third-order valence-electron chi connectivity index (χ3n) is 3.53. The summed E-state index contributed by atoms with van der Waals surface area (Å²) >= 11 is 0. The zero-order valence-corrected chi connectivity index (χ0v) is 11.7. The van der Waals surface area contributed by atoms with E-state index < -0.39 is 0 Å². The van der Waals surface area contributed by atoms with Gasteiger partial charge in [0.1, 0.15) is 0 Å². The predicted octanol–water partition coefficient (Wildman–Crippen LogP) is 1.09. The number of nitrogens with zero attached hydrogens (tertiary/aromatic N) is 3. The van der Waals surface area contributed by atoms with Gasteiger partial charge in [0.2, 0.25) is 0 Å². The lowest BCUT2D eigenvalue weighted by Crippen LogP contribution is -2.29. The van der Waals surface area contributed by atoms with Crippen LogP contribution in [0.5, 0.6) is 0 Å². The van der Waals surface area contributed by atoms with Crippen molar-refractivity contribution >= 4 is 5.91 Å². The molecule has 110 valence electrons. The summed E-state index contributed by atoms with van der Waals surface area (Å²) < 4.78 is 6.95. The highest BCUT2D eigenvalue weighted by Crippen LogP contribution is 2.10. The summed E-state index contributed by atoms with van der Waals surface area (Å²) in [4.78, 5) is 12.0. The lowest BCUT2D eigenvalue weighted by Gasteiger charge is -2.07. The molecule has 1 saturated heterocycles. The zero-order chi connectivity index (χ0) is 14.5. The summed E-state index contributed by atoms with van der Waals surface area (Å²) in [6.07, 6.45) is 2.68. The van der Waals surface area contributed by atoms with Crippen molar-refractivity contribution in [3.63, 3.8) is 0 Å². The fraction of sp³-hybridized carbons (Fsp3) is 0.400. The number of amides is 1. The predicted molar refractivity (Wildman–Crippen MR) is 76.8 cm³/mol. The van der Waals surface area contributed by atoms with Crippen molar-refractivity contribution in [2.24, 2.45) is 5.92 Å². The smallest absolute Gasteiger partial charge is 0.273 e. The van der Waals surface area contributed by atoms with E-state index in [2.05, 4.69) is 15.6 Å². The van der Waals surface area contributed by atoms with Crippen LogP contribution in [-0.2, 0) is 11.3 Å². The molecule has 0 aliphatic carbocycles. The minimum absolute atomic E-state index is 0.179. The first-order valence-electron chi connectivity index (χ1n) is 7.11. The van der Waals surface area contributed by atoms with Crippen LogP contribution >= 0.6 is 0 Å². The van der Waals surface area contributed by atoms with Crippen LogP contribution in [0, 0.1) is 5.92 Å². The van der Waals surface area contributed by atoms with Crippen LogP contribution in [0.25, 0.3) is 0 Å². The molecule has 21 heavy (non-hydrogen) atoms. The third-order valence-corrected chi connectivity index (χ3v) is 3.53. The Bertz CT molecular complexity index is 591. The van der Waals surface area contributed by atoms with E-state index in [-0.39, 0.29) is 5.91 Å². The number of ether oxygens (including phenoxy) is 1. The molecule has 1 atom stereocenters. The molecule has 1 aromatic heterocycles. The van der Waals surface area contributed by atoms with Gasteiger partial charge in [-0.1, -0.05) is 35.5 Å². The molecule has 2 heterocycles. The van der Waals surface area contributed by atoms with Crippen molar-refractivity contribution in [2.75, 3.05) is 19.8 Å². The van der Waals surface area contributed by atoms with Gasteiger partial charge in [-0.25, -0.2) is 4.68 Å². The molecule has 1 aromatic carbocycles. The maximum atomic E-state index is 12.0. The SMILES string of the molecule is O=C(NCC1CCOC1)c1cn(Cc2ccccc2)nn1. The van der Waals surface area contributed by atoms with E-state index in [1.165, 1.54) is 0 Å². The van der Waals surface area contributed by atoms with Crippen molar-refractivity contribution < 1.29 is 9.53 Å². The van der Waals surface area contributed by atoms with Crippen LogP contribution in [-0.4, -0.2) is 40.7 Å². The van der Waals surface area contributed by atoms with E-state index in [1.807, 2.05) is 30.3 Å². The van der Waals surface area contributed by atoms with Gasteiger partial charge in [0.25, 0.3) is 5.91 Å². The molecule has 2 aromatic rings. The Morgan fingerprint density at radius 1 is 1.38 bits per heavy atom. The van der Waals surface area contributed by atoms with Crippen LogP contribution in [0.2, 0.25) is 0 Å². The number of hydrogen-bond donors (Lipinski definition) is 1. The van der Waals surface area contributed by atoms with Crippen molar-refractivity contribution in [2.45, 2.75) is 13.0 Å². The molecule has 0 radical (unpaired) electrons. The summed E-state index contributed by atoms with van der Waals surface area (Å²) in [7, 11) is 0. The minimum atomic E-state index is -0.179. The van der Waals surface area contributed by atoms with E-state index in [0.717, 1.165) is 25.2 Å². The molecule has 6 heteroatoms. The summed E-state index contributed by atoms with van der Waals surface area (Å²) in [5, 5.41) is 10.8. The van der Waals surface area contributed by atoms with Gasteiger partial charge in [0, 0.05) is 19.1 Å². The van der Waals surface area contributed by atoms with Gasteiger partial charge in [0.15, 0.2) is 5.69 Å². The molecular weight excluding hydrogens is 268 g/mol. The monoisotopic (exact) mass is 286 g/mol. The van der Waals surface area contributed by atoms with Crippen LogP contribution in [0.4, 0.5) is 0 Å². The second-order valence-corrected chi connectivity index (χ2v) is 5.23. The second kappa shape index (κ2) is 6.49. The molecule has 0 saturated carbocycles. The Kier molecular flexibility index (Phi) is 4.25. The Morgan fingerprint density at radius 2 is 2.24 bits per heavy atom. The molecule has 1 N–H and O–H groups in total. The maximum Gasteiger partial charge on any atom is 0.273 e. The highest BCUT2D eigenvalue weighted by molar-refractivity contribution is 5.91. The van der Waals surface area contributed by atoms with Crippen molar-refractivity contribution in [1.82, 2.24) is 20.3 Å². The first-order chi connectivity index (χ1) is 10.3. The van der Waals surface area contributed by atoms with Crippen molar-refractivity contribution in [3.8, 4) is 0 Å².